The number of rotatable bonds is 5. The smallest absolute Gasteiger partial charge is 0.172 e. The van der Waals surface area contributed by atoms with Crippen LogP contribution in [0, 0.1) is 0 Å². The van der Waals surface area contributed by atoms with Crippen molar-refractivity contribution in [2.24, 2.45) is 12.8 Å². The standard InChI is InChI=1S/C14H18ClN3S/c1-3-12(16)8-10-4-5-11(15)9-13(10)19-14-17-6-7-18(14)2/h4-7,9,12H,3,8,16H2,1-2H3. The Balaban J connectivity index is 2.27. The summed E-state index contributed by atoms with van der Waals surface area (Å²) in [6.45, 7) is 2.10. The van der Waals surface area contributed by atoms with Gasteiger partial charge in [0.2, 0.25) is 0 Å². The molecule has 0 aliphatic heterocycles. The van der Waals surface area contributed by atoms with Crippen LogP contribution in [0.5, 0.6) is 0 Å². The third-order valence-electron chi connectivity index (χ3n) is 3.01. The zero-order chi connectivity index (χ0) is 13.8. The van der Waals surface area contributed by atoms with Crippen LogP contribution in [0.4, 0.5) is 0 Å². The van der Waals surface area contributed by atoms with Crippen LogP contribution in [0.25, 0.3) is 0 Å². The van der Waals surface area contributed by atoms with Gasteiger partial charge >= 0.3 is 0 Å². The topological polar surface area (TPSA) is 43.8 Å². The van der Waals surface area contributed by atoms with Crippen molar-refractivity contribution in [3.8, 4) is 0 Å². The summed E-state index contributed by atoms with van der Waals surface area (Å²) in [5, 5.41) is 1.69. The van der Waals surface area contributed by atoms with Crippen molar-refractivity contribution < 1.29 is 0 Å². The molecule has 0 amide bonds. The van der Waals surface area contributed by atoms with E-state index in [2.05, 4.69) is 18.0 Å². The molecule has 0 saturated carbocycles. The number of nitrogens with two attached hydrogens (primary N) is 1. The van der Waals surface area contributed by atoms with E-state index in [0.29, 0.717) is 0 Å². The summed E-state index contributed by atoms with van der Waals surface area (Å²) in [5.41, 5.74) is 7.28. The molecule has 1 aromatic carbocycles. The summed E-state index contributed by atoms with van der Waals surface area (Å²) in [7, 11) is 1.98. The summed E-state index contributed by atoms with van der Waals surface area (Å²) in [6.07, 6.45) is 5.56. The molecule has 0 spiro atoms. The molecule has 1 aromatic heterocycles. The predicted molar refractivity (Wildman–Crippen MR) is 80.8 cm³/mol. The first kappa shape index (κ1) is 14.4. The first-order chi connectivity index (χ1) is 9.10. The average Bonchev–Trinajstić information content (AvgIpc) is 2.78. The summed E-state index contributed by atoms with van der Waals surface area (Å²) in [4.78, 5) is 5.46. The zero-order valence-electron chi connectivity index (χ0n) is 11.1. The van der Waals surface area contributed by atoms with Crippen molar-refractivity contribution in [2.45, 2.75) is 35.9 Å². The van der Waals surface area contributed by atoms with Gasteiger partial charge in [-0.3, -0.25) is 0 Å². The predicted octanol–water partition coefficient (Wildman–Crippen LogP) is 3.50. The largest absolute Gasteiger partial charge is 0.329 e. The Hall–Kier alpha value is -0.970. The van der Waals surface area contributed by atoms with Crippen LogP contribution in [0.15, 0.2) is 40.6 Å². The Morgan fingerprint density at radius 2 is 2.26 bits per heavy atom. The van der Waals surface area contributed by atoms with Crippen LogP contribution >= 0.6 is 23.4 Å². The minimum Gasteiger partial charge on any atom is -0.329 e. The molecular formula is C14H18ClN3S. The molecule has 1 atom stereocenters. The quantitative estimate of drug-likeness (QED) is 0.918. The summed E-state index contributed by atoms with van der Waals surface area (Å²) in [5.74, 6) is 0. The van der Waals surface area contributed by atoms with E-state index >= 15 is 0 Å². The number of aromatic nitrogens is 2. The first-order valence-corrected chi connectivity index (χ1v) is 7.48. The van der Waals surface area contributed by atoms with E-state index in [9.17, 15) is 0 Å². The molecule has 19 heavy (non-hydrogen) atoms. The van der Waals surface area contributed by atoms with Crippen molar-refractivity contribution >= 4 is 23.4 Å². The molecule has 1 unspecified atom stereocenters. The van der Waals surface area contributed by atoms with Gasteiger partial charge in [-0.1, -0.05) is 36.4 Å². The van der Waals surface area contributed by atoms with Gasteiger partial charge in [-0.15, -0.1) is 0 Å². The van der Waals surface area contributed by atoms with Crippen molar-refractivity contribution in [2.75, 3.05) is 0 Å². The number of nitrogens with zero attached hydrogens (tertiary/aromatic N) is 2. The molecule has 0 aliphatic carbocycles. The fourth-order valence-corrected chi connectivity index (χ4v) is 2.99. The Morgan fingerprint density at radius 3 is 2.89 bits per heavy atom. The maximum Gasteiger partial charge on any atom is 0.172 e. The zero-order valence-corrected chi connectivity index (χ0v) is 12.7. The molecule has 2 aromatic rings. The minimum absolute atomic E-state index is 0.182. The molecule has 0 saturated heterocycles. The third-order valence-corrected chi connectivity index (χ3v) is 4.42. The molecule has 102 valence electrons. The molecule has 2 rings (SSSR count). The molecule has 0 radical (unpaired) electrons. The van der Waals surface area contributed by atoms with Gasteiger partial charge in [0, 0.05) is 35.4 Å². The van der Waals surface area contributed by atoms with Crippen LogP contribution in [0.2, 0.25) is 5.02 Å². The number of aryl methyl sites for hydroxylation is 1. The number of hydrogen-bond acceptors (Lipinski definition) is 3. The maximum absolute atomic E-state index is 6.10. The van der Waals surface area contributed by atoms with E-state index in [4.69, 9.17) is 17.3 Å². The lowest BCUT2D eigenvalue weighted by Gasteiger charge is -2.13. The van der Waals surface area contributed by atoms with Crippen LogP contribution in [0.3, 0.4) is 0 Å². The van der Waals surface area contributed by atoms with Crippen molar-refractivity contribution in [3.63, 3.8) is 0 Å². The molecule has 1 heterocycles. The normalized spacial score (nSPS) is 12.6. The van der Waals surface area contributed by atoms with Gasteiger partial charge in [-0.2, -0.15) is 0 Å². The van der Waals surface area contributed by atoms with Crippen molar-refractivity contribution in [1.82, 2.24) is 9.55 Å². The monoisotopic (exact) mass is 295 g/mol. The second-order valence-corrected chi connectivity index (χ2v) is 5.99. The van der Waals surface area contributed by atoms with Gasteiger partial charge < -0.3 is 10.3 Å². The van der Waals surface area contributed by atoms with E-state index in [1.165, 1.54) is 5.56 Å². The number of hydrogen-bond donors (Lipinski definition) is 1. The molecular weight excluding hydrogens is 278 g/mol. The van der Waals surface area contributed by atoms with Gasteiger partial charge in [0.15, 0.2) is 5.16 Å². The third kappa shape index (κ3) is 3.75. The van der Waals surface area contributed by atoms with E-state index in [0.717, 1.165) is 27.9 Å². The number of halogens is 1. The first-order valence-electron chi connectivity index (χ1n) is 6.29. The Bertz CT molecular complexity index is 553. The van der Waals surface area contributed by atoms with Gasteiger partial charge in [0.05, 0.1) is 0 Å². The second kappa shape index (κ2) is 6.46. The van der Waals surface area contributed by atoms with E-state index in [-0.39, 0.29) is 6.04 Å². The highest BCUT2D eigenvalue weighted by Gasteiger charge is 2.11. The van der Waals surface area contributed by atoms with Crippen LogP contribution in [0.1, 0.15) is 18.9 Å². The SMILES string of the molecule is CCC(N)Cc1ccc(Cl)cc1Sc1nccn1C. The lowest BCUT2D eigenvalue weighted by molar-refractivity contribution is 0.641. The fourth-order valence-electron chi connectivity index (χ4n) is 1.77. The molecule has 2 N–H and O–H groups in total. The molecule has 0 bridgehead atoms. The van der Waals surface area contributed by atoms with Gasteiger partial charge in [-0.25, -0.2) is 4.98 Å². The Labute approximate surface area is 123 Å². The summed E-state index contributed by atoms with van der Waals surface area (Å²) < 4.78 is 2.00. The highest BCUT2D eigenvalue weighted by molar-refractivity contribution is 7.99. The second-order valence-electron chi connectivity index (χ2n) is 4.55. The Kier molecular flexibility index (Phi) is 4.91. The minimum atomic E-state index is 0.182. The molecule has 3 nitrogen and oxygen atoms in total. The van der Waals surface area contributed by atoms with E-state index in [1.54, 1.807) is 18.0 Å². The molecule has 0 fully saturated rings. The number of imidazole rings is 1. The van der Waals surface area contributed by atoms with E-state index < -0.39 is 0 Å². The van der Waals surface area contributed by atoms with Crippen molar-refractivity contribution in [1.29, 1.82) is 0 Å². The van der Waals surface area contributed by atoms with Crippen LogP contribution in [-0.2, 0) is 13.5 Å². The highest BCUT2D eigenvalue weighted by Crippen LogP contribution is 2.32. The van der Waals surface area contributed by atoms with Gasteiger partial charge in [-0.05, 0) is 30.5 Å². The van der Waals surface area contributed by atoms with E-state index in [1.807, 2.05) is 29.9 Å². The van der Waals surface area contributed by atoms with Gasteiger partial charge in [0.25, 0.3) is 0 Å². The lowest BCUT2D eigenvalue weighted by Crippen LogP contribution is -2.21. The summed E-state index contributed by atoms with van der Waals surface area (Å²) in [6, 6.07) is 6.14. The number of benzene rings is 1. The lowest BCUT2D eigenvalue weighted by atomic mass is 10.1. The Morgan fingerprint density at radius 1 is 1.47 bits per heavy atom. The fraction of sp³-hybridized carbons (Fsp3) is 0.357. The average molecular weight is 296 g/mol. The van der Waals surface area contributed by atoms with Crippen molar-refractivity contribution in [3.05, 3.63) is 41.2 Å². The summed E-state index contributed by atoms with van der Waals surface area (Å²) >= 11 is 7.72. The molecule has 0 aliphatic rings. The molecule has 5 heteroatoms. The van der Waals surface area contributed by atoms with Crippen LogP contribution < -0.4 is 5.73 Å². The maximum atomic E-state index is 6.10. The highest BCUT2D eigenvalue weighted by atomic mass is 35.5. The van der Waals surface area contributed by atoms with Gasteiger partial charge in [0.1, 0.15) is 0 Å². The van der Waals surface area contributed by atoms with Crippen LogP contribution in [-0.4, -0.2) is 15.6 Å².